The second kappa shape index (κ2) is 13.4. The van der Waals surface area contributed by atoms with E-state index in [1.165, 1.54) is 50.3 Å². The molecule has 0 spiro atoms. The van der Waals surface area contributed by atoms with Crippen LogP contribution < -0.4 is 17.0 Å². The molecular formula is C15H28BrN2O2S-. The van der Waals surface area contributed by atoms with Crippen molar-refractivity contribution in [1.29, 1.82) is 5.41 Å². The predicted octanol–water partition coefficient (Wildman–Crippen LogP) is 0.658. The van der Waals surface area contributed by atoms with Crippen molar-refractivity contribution in [3.05, 3.63) is 0 Å². The Balaban J connectivity index is 0.00000400. The first-order valence-corrected chi connectivity index (χ1v) is 8.84. The van der Waals surface area contributed by atoms with Gasteiger partial charge in [0.1, 0.15) is 6.54 Å². The monoisotopic (exact) mass is 379 g/mol. The van der Waals surface area contributed by atoms with Crippen molar-refractivity contribution in [3.8, 4) is 0 Å². The molecule has 0 saturated carbocycles. The van der Waals surface area contributed by atoms with Crippen molar-refractivity contribution in [1.82, 2.24) is 4.90 Å². The molecule has 0 atom stereocenters. The highest BCUT2D eigenvalue weighted by Crippen LogP contribution is 2.15. The third kappa shape index (κ3) is 10.2. The molecule has 6 heteroatoms. The Hall–Kier alpha value is -0.230. The van der Waals surface area contributed by atoms with Crippen LogP contribution in [0.4, 0.5) is 0 Å². The third-order valence-corrected chi connectivity index (χ3v) is 4.39. The lowest BCUT2D eigenvalue weighted by Gasteiger charge is -2.15. The lowest BCUT2D eigenvalue weighted by atomic mass is 10.1. The van der Waals surface area contributed by atoms with Gasteiger partial charge in [-0.25, -0.2) is 0 Å². The van der Waals surface area contributed by atoms with Crippen LogP contribution in [0.3, 0.4) is 0 Å². The van der Waals surface area contributed by atoms with Gasteiger partial charge < -0.3 is 26.6 Å². The molecule has 1 N–H and O–H groups in total. The van der Waals surface area contributed by atoms with Crippen LogP contribution in [0.15, 0.2) is 0 Å². The zero-order chi connectivity index (χ0) is 14.6. The van der Waals surface area contributed by atoms with Crippen LogP contribution in [0.25, 0.3) is 0 Å². The standard InChI is InChI=1S/C15H28N2O2S.BrH/c1-2-3-4-5-6-7-8-9-11-19-14(18)13-17-10-12-20-15(17)16;/h16H,2-13H2,1H3;1H/p-1. The maximum absolute atomic E-state index is 11.6. The number of thioether (sulfide) groups is 1. The minimum Gasteiger partial charge on any atom is -1.00 e. The Morgan fingerprint density at radius 2 is 1.81 bits per heavy atom. The molecule has 0 bridgehead atoms. The molecule has 4 nitrogen and oxygen atoms in total. The van der Waals surface area contributed by atoms with E-state index in [4.69, 9.17) is 10.1 Å². The number of esters is 1. The second-order valence-electron chi connectivity index (χ2n) is 5.27. The molecule has 1 rings (SSSR count). The molecule has 0 radical (unpaired) electrons. The van der Waals surface area contributed by atoms with E-state index in [0.717, 1.165) is 25.1 Å². The zero-order valence-corrected chi connectivity index (χ0v) is 15.4. The Labute approximate surface area is 143 Å². The van der Waals surface area contributed by atoms with Gasteiger partial charge in [-0.1, -0.05) is 63.6 Å². The number of carbonyl (C=O) groups is 1. The van der Waals surface area contributed by atoms with Crippen molar-refractivity contribution >= 4 is 22.9 Å². The van der Waals surface area contributed by atoms with E-state index >= 15 is 0 Å². The third-order valence-electron chi connectivity index (χ3n) is 3.47. The van der Waals surface area contributed by atoms with Gasteiger partial charge in [-0.2, -0.15) is 0 Å². The van der Waals surface area contributed by atoms with E-state index in [9.17, 15) is 4.79 Å². The number of hydrogen-bond donors (Lipinski definition) is 1. The highest BCUT2D eigenvalue weighted by Gasteiger charge is 2.20. The lowest BCUT2D eigenvalue weighted by molar-refractivity contribution is -0.144. The molecule has 0 amide bonds. The lowest BCUT2D eigenvalue weighted by Crippen LogP contribution is -3.00. The summed E-state index contributed by atoms with van der Waals surface area (Å²) in [7, 11) is 0. The normalized spacial score (nSPS) is 14.1. The number of amidine groups is 1. The van der Waals surface area contributed by atoms with Gasteiger partial charge in [-0.05, 0) is 6.42 Å². The summed E-state index contributed by atoms with van der Waals surface area (Å²) in [4.78, 5) is 13.4. The zero-order valence-electron chi connectivity index (χ0n) is 13.0. The SMILES string of the molecule is CCCCCCCCCCOC(=O)CN1CCSC1=N.[Br-]. The first-order valence-electron chi connectivity index (χ1n) is 7.86. The highest BCUT2D eigenvalue weighted by molar-refractivity contribution is 8.14. The topological polar surface area (TPSA) is 53.4 Å². The van der Waals surface area contributed by atoms with Crippen LogP contribution in [-0.2, 0) is 9.53 Å². The summed E-state index contributed by atoms with van der Waals surface area (Å²) < 4.78 is 5.21. The Kier molecular flexibility index (Phi) is 13.3. The van der Waals surface area contributed by atoms with Crippen molar-refractivity contribution in [3.63, 3.8) is 0 Å². The van der Waals surface area contributed by atoms with Crippen LogP contribution in [0.1, 0.15) is 58.3 Å². The quantitative estimate of drug-likeness (QED) is 0.423. The Morgan fingerprint density at radius 1 is 1.19 bits per heavy atom. The van der Waals surface area contributed by atoms with E-state index < -0.39 is 0 Å². The molecule has 1 aliphatic rings. The minimum absolute atomic E-state index is 0. The van der Waals surface area contributed by atoms with Crippen molar-refractivity contribution in [2.75, 3.05) is 25.4 Å². The molecular weight excluding hydrogens is 352 g/mol. The smallest absolute Gasteiger partial charge is 0.325 e. The molecule has 0 aromatic carbocycles. The van der Waals surface area contributed by atoms with Crippen molar-refractivity contribution in [2.45, 2.75) is 58.3 Å². The Morgan fingerprint density at radius 3 is 2.38 bits per heavy atom. The van der Waals surface area contributed by atoms with Crippen LogP contribution in [0.2, 0.25) is 0 Å². The van der Waals surface area contributed by atoms with Crippen LogP contribution in [0.5, 0.6) is 0 Å². The van der Waals surface area contributed by atoms with Gasteiger partial charge in [0.2, 0.25) is 0 Å². The van der Waals surface area contributed by atoms with E-state index in [1.54, 1.807) is 4.90 Å². The highest BCUT2D eigenvalue weighted by atomic mass is 79.9. The molecule has 0 aromatic rings. The van der Waals surface area contributed by atoms with Crippen LogP contribution in [0, 0.1) is 5.41 Å². The van der Waals surface area contributed by atoms with Gasteiger partial charge in [0, 0.05) is 12.3 Å². The fourth-order valence-corrected chi connectivity index (χ4v) is 3.06. The molecule has 0 aliphatic carbocycles. The number of hydrogen-bond acceptors (Lipinski definition) is 4. The average molecular weight is 380 g/mol. The molecule has 0 aromatic heterocycles. The molecule has 21 heavy (non-hydrogen) atoms. The van der Waals surface area contributed by atoms with Gasteiger partial charge in [0.15, 0.2) is 5.17 Å². The summed E-state index contributed by atoms with van der Waals surface area (Å²) in [5.74, 6) is 0.713. The summed E-state index contributed by atoms with van der Waals surface area (Å²) in [6.07, 6.45) is 9.99. The van der Waals surface area contributed by atoms with Crippen molar-refractivity contribution in [2.24, 2.45) is 0 Å². The summed E-state index contributed by atoms with van der Waals surface area (Å²) in [6.45, 7) is 3.79. The van der Waals surface area contributed by atoms with E-state index in [2.05, 4.69) is 6.92 Å². The average Bonchev–Trinajstić information content (AvgIpc) is 2.82. The maximum atomic E-state index is 11.6. The fourth-order valence-electron chi connectivity index (χ4n) is 2.22. The molecule has 1 saturated heterocycles. The number of nitrogens with zero attached hydrogens (tertiary/aromatic N) is 1. The Bertz CT molecular complexity index is 303. The largest absolute Gasteiger partial charge is 1.00 e. The van der Waals surface area contributed by atoms with Crippen LogP contribution in [-0.4, -0.2) is 41.5 Å². The summed E-state index contributed by atoms with van der Waals surface area (Å²) in [5, 5.41) is 8.11. The molecule has 1 fully saturated rings. The number of rotatable bonds is 11. The maximum Gasteiger partial charge on any atom is 0.325 e. The molecule has 1 aliphatic heterocycles. The molecule has 124 valence electrons. The van der Waals surface area contributed by atoms with E-state index in [1.807, 2.05) is 0 Å². The number of nitrogens with one attached hydrogen (secondary N) is 1. The summed E-state index contributed by atoms with van der Waals surface area (Å²) in [6, 6.07) is 0. The summed E-state index contributed by atoms with van der Waals surface area (Å²) in [5.41, 5.74) is 0. The summed E-state index contributed by atoms with van der Waals surface area (Å²) >= 11 is 1.49. The number of ether oxygens (including phenoxy) is 1. The minimum atomic E-state index is -0.194. The van der Waals surface area contributed by atoms with Gasteiger partial charge in [0.25, 0.3) is 0 Å². The van der Waals surface area contributed by atoms with E-state index in [-0.39, 0.29) is 29.5 Å². The number of carbonyl (C=O) groups excluding carboxylic acids is 1. The van der Waals surface area contributed by atoms with Crippen molar-refractivity contribution < 1.29 is 26.5 Å². The van der Waals surface area contributed by atoms with Gasteiger partial charge in [-0.15, -0.1) is 0 Å². The molecule has 1 heterocycles. The molecule has 0 unspecified atom stereocenters. The second-order valence-corrected chi connectivity index (χ2v) is 6.35. The van der Waals surface area contributed by atoms with Gasteiger partial charge in [0.05, 0.1) is 6.61 Å². The van der Waals surface area contributed by atoms with Gasteiger partial charge >= 0.3 is 5.97 Å². The first kappa shape index (κ1) is 20.8. The number of unbranched alkanes of at least 4 members (excludes halogenated alkanes) is 7. The van der Waals surface area contributed by atoms with Gasteiger partial charge in [-0.3, -0.25) is 10.2 Å². The van der Waals surface area contributed by atoms with E-state index in [0.29, 0.717) is 11.8 Å². The number of halogens is 1. The van der Waals surface area contributed by atoms with Crippen LogP contribution >= 0.6 is 11.8 Å². The fraction of sp³-hybridized carbons (Fsp3) is 0.867. The first-order chi connectivity index (χ1) is 9.74. The predicted molar refractivity (Wildman–Crippen MR) is 85.3 cm³/mol.